The predicted molar refractivity (Wildman–Crippen MR) is 75.4 cm³/mol. The second-order valence-electron chi connectivity index (χ2n) is 4.49. The van der Waals surface area contributed by atoms with E-state index < -0.39 is 12.2 Å². The van der Waals surface area contributed by atoms with E-state index in [0.29, 0.717) is 11.1 Å². The van der Waals surface area contributed by atoms with Crippen LogP contribution in [0.1, 0.15) is 11.7 Å². The van der Waals surface area contributed by atoms with Gasteiger partial charge in [0.15, 0.2) is 0 Å². The fraction of sp³-hybridized carbons (Fsp3) is 0.200. The van der Waals surface area contributed by atoms with E-state index in [-0.39, 0.29) is 5.88 Å². The van der Waals surface area contributed by atoms with Gasteiger partial charge >= 0.3 is 0 Å². The number of aliphatic hydroxyl groups excluding tert-OH is 2. The van der Waals surface area contributed by atoms with Crippen LogP contribution in [-0.4, -0.2) is 22.2 Å². The van der Waals surface area contributed by atoms with Crippen molar-refractivity contribution in [1.82, 2.24) is 0 Å². The summed E-state index contributed by atoms with van der Waals surface area (Å²) in [5.41, 5.74) is 1.92. The topological polar surface area (TPSA) is 53.6 Å². The predicted octanol–water partition coefficient (Wildman–Crippen LogP) is 3.22. The van der Waals surface area contributed by atoms with Crippen molar-refractivity contribution in [3.63, 3.8) is 0 Å². The Kier molecular flexibility index (Phi) is 3.19. The van der Waals surface area contributed by atoms with Crippen molar-refractivity contribution in [2.75, 3.05) is 5.88 Å². The van der Waals surface area contributed by atoms with Gasteiger partial charge in [-0.1, -0.05) is 36.4 Å². The Balaban J connectivity index is 2.26. The molecule has 0 bridgehead atoms. The summed E-state index contributed by atoms with van der Waals surface area (Å²) in [4.78, 5) is 0. The number of benzene rings is 2. The minimum atomic E-state index is -1.05. The second-order valence-corrected chi connectivity index (χ2v) is 4.80. The van der Waals surface area contributed by atoms with Gasteiger partial charge in [-0.15, -0.1) is 11.6 Å². The molecule has 0 amide bonds. The van der Waals surface area contributed by atoms with Gasteiger partial charge < -0.3 is 14.6 Å². The van der Waals surface area contributed by atoms with Gasteiger partial charge in [-0.2, -0.15) is 0 Å². The van der Waals surface area contributed by atoms with Crippen molar-refractivity contribution in [2.24, 2.45) is 0 Å². The number of fused-ring (bicyclic) bond motifs is 3. The molecule has 0 radical (unpaired) electrons. The van der Waals surface area contributed by atoms with Gasteiger partial charge in [0.1, 0.15) is 17.3 Å². The summed E-state index contributed by atoms with van der Waals surface area (Å²) in [6.07, 6.45) is -2.07. The SMILES string of the molecule is OC(CCl)C(O)c1cccc2c1oc1ccccc12. The van der Waals surface area contributed by atoms with Crippen molar-refractivity contribution < 1.29 is 14.6 Å². The van der Waals surface area contributed by atoms with Crippen LogP contribution in [0, 0.1) is 0 Å². The third-order valence-corrected chi connectivity index (χ3v) is 3.59. The first-order valence-electron chi connectivity index (χ1n) is 6.04. The number of furan rings is 1. The molecule has 2 unspecified atom stereocenters. The molecule has 1 heterocycles. The average molecular weight is 277 g/mol. The van der Waals surface area contributed by atoms with E-state index in [2.05, 4.69) is 0 Å². The van der Waals surface area contributed by atoms with E-state index in [9.17, 15) is 10.2 Å². The molecular weight excluding hydrogens is 264 g/mol. The maximum Gasteiger partial charge on any atom is 0.141 e. The Bertz CT molecular complexity index is 720. The van der Waals surface area contributed by atoms with E-state index in [1.807, 2.05) is 36.4 Å². The largest absolute Gasteiger partial charge is 0.456 e. The van der Waals surface area contributed by atoms with Gasteiger partial charge in [0.25, 0.3) is 0 Å². The van der Waals surface area contributed by atoms with Crippen LogP contribution in [0.25, 0.3) is 21.9 Å². The molecule has 1 aromatic heterocycles. The third-order valence-electron chi connectivity index (χ3n) is 3.28. The van der Waals surface area contributed by atoms with Crippen molar-refractivity contribution >= 4 is 33.5 Å². The molecule has 0 saturated carbocycles. The molecule has 2 N–H and O–H groups in total. The fourth-order valence-corrected chi connectivity index (χ4v) is 2.46. The standard InChI is InChI=1S/C15H13ClO3/c16-8-12(17)14(18)11-6-3-5-10-9-4-1-2-7-13(9)19-15(10)11/h1-7,12,14,17-18H,8H2. The molecule has 0 fully saturated rings. The lowest BCUT2D eigenvalue weighted by Crippen LogP contribution is -2.19. The molecule has 2 aromatic carbocycles. The van der Waals surface area contributed by atoms with Crippen molar-refractivity contribution in [3.05, 3.63) is 48.0 Å². The van der Waals surface area contributed by atoms with Gasteiger partial charge in [0.2, 0.25) is 0 Å². The molecule has 3 aromatic rings. The molecule has 3 rings (SSSR count). The Hall–Kier alpha value is -1.55. The van der Waals surface area contributed by atoms with E-state index >= 15 is 0 Å². The third kappa shape index (κ3) is 2.00. The van der Waals surface area contributed by atoms with Crippen LogP contribution in [0.3, 0.4) is 0 Å². The van der Waals surface area contributed by atoms with Crippen molar-refractivity contribution in [2.45, 2.75) is 12.2 Å². The Morgan fingerprint density at radius 1 is 1.00 bits per heavy atom. The van der Waals surface area contributed by atoms with Gasteiger partial charge in [-0.3, -0.25) is 0 Å². The number of halogens is 1. The number of aliphatic hydroxyl groups is 2. The first-order chi connectivity index (χ1) is 9.22. The van der Waals surface area contributed by atoms with Crippen LogP contribution in [0.2, 0.25) is 0 Å². The number of hydrogen-bond donors (Lipinski definition) is 2. The molecule has 19 heavy (non-hydrogen) atoms. The highest BCUT2D eigenvalue weighted by Crippen LogP contribution is 2.34. The van der Waals surface area contributed by atoms with Gasteiger partial charge in [0, 0.05) is 16.3 Å². The molecule has 0 aliphatic rings. The molecule has 98 valence electrons. The zero-order valence-electron chi connectivity index (χ0n) is 10.1. The van der Waals surface area contributed by atoms with Crippen molar-refractivity contribution in [1.29, 1.82) is 0 Å². The second kappa shape index (κ2) is 4.85. The molecule has 0 aliphatic carbocycles. The molecule has 4 heteroatoms. The summed E-state index contributed by atoms with van der Waals surface area (Å²) in [6.45, 7) is 0. The van der Waals surface area contributed by atoms with Gasteiger partial charge in [-0.25, -0.2) is 0 Å². The molecule has 0 saturated heterocycles. The Morgan fingerprint density at radius 2 is 1.74 bits per heavy atom. The number of para-hydroxylation sites is 2. The fourth-order valence-electron chi connectivity index (χ4n) is 2.29. The molecule has 3 nitrogen and oxygen atoms in total. The highest BCUT2D eigenvalue weighted by Gasteiger charge is 2.22. The van der Waals surface area contributed by atoms with Gasteiger partial charge in [0.05, 0.1) is 12.0 Å². The zero-order valence-corrected chi connectivity index (χ0v) is 10.8. The summed E-state index contributed by atoms with van der Waals surface area (Å²) in [5, 5.41) is 21.7. The molecule has 0 aliphatic heterocycles. The number of alkyl halides is 1. The summed E-state index contributed by atoms with van der Waals surface area (Å²) in [6, 6.07) is 13.2. The van der Waals surface area contributed by atoms with E-state index in [0.717, 1.165) is 16.4 Å². The normalized spacial score (nSPS) is 14.9. The Morgan fingerprint density at radius 3 is 2.53 bits per heavy atom. The van der Waals surface area contributed by atoms with Crippen LogP contribution in [0.5, 0.6) is 0 Å². The van der Waals surface area contributed by atoms with Crippen LogP contribution >= 0.6 is 11.6 Å². The number of hydrogen-bond acceptors (Lipinski definition) is 3. The highest BCUT2D eigenvalue weighted by molar-refractivity contribution is 6.18. The maximum absolute atomic E-state index is 10.1. The first-order valence-corrected chi connectivity index (χ1v) is 6.58. The van der Waals surface area contributed by atoms with Crippen molar-refractivity contribution in [3.8, 4) is 0 Å². The number of rotatable bonds is 3. The molecular formula is C15H13ClO3. The van der Waals surface area contributed by atoms with Crippen LogP contribution in [0.15, 0.2) is 46.9 Å². The van der Waals surface area contributed by atoms with Crippen LogP contribution < -0.4 is 0 Å². The smallest absolute Gasteiger partial charge is 0.141 e. The van der Waals surface area contributed by atoms with Crippen LogP contribution in [-0.2, 0) is 0 Å². The molecule has 2 atom stereocenters. The minimum absolute atomic E-state index is 0.0300. The van der Waals surface area contributed by atoms with Gasteiger partial charge in [-0.05, 0) is 6.07 Å². The van der Waals surface area contributed by atoms with E-state index in [1.54, 1.807) is 6.07 Å². The average Bonchev–Trinajstić information content (AvgIpc) is 2.84. The lowest BCUT2D eigenvalue weighted by molar-refractivity contribution is 0.0331. The zero-order chi connectivity index (χ0) is 13.4. The lowest BCUT2D eigenvalue weighted by Gasteiger charge is -2.15. The first kappa shape index (κ1) is 12.5. The summed E-state index contributed by atoms with van der Waals surface area (Å²) in [5.74, 6) is -0.0300. The molecule has 0 spiro atoms. The maximum atomic E-state index is 10.1. The summed E-state index contributed by atoms with van der Waals surface area (Å²) >= 11 is 5.59. The summed E-state index contributed by atoms with van der Waals surface area (Å²) in [7, 11) is 0. The lowest BCUT2D eigenvalue weighted by atomic mass is 10.0. The minimum Gasteiger partial charge on any atom is -0.456 e. The Labute approximate surface area is 115 Å². The van der Waals surface area contributed by atoms with E-state index in [1.165, 1.54) is 0 Å². The quantitative estimate of drug-likeness (QED) is 0.722. The summed E-state index contributed by atoms with van der Waals surface area (Å²) < 4.78 is 5.79. The monoisotopic (exact) mass is 276 g/mol. The van der Waals surface area contributed by atoms with E-state index in [4.69, 9.17) is 16.0 Å². The van der Waals surface area contributed by atoms with Crippen LogP contribution in [0.4, 0.5) is 0 Å². The highest BCUT2D eigenvalue weighted by atomic mass is 35.5.